The standard InChI is InChI=1S/C8H11N3O2/c1-13-7(12)3-6-11-8-9-4-2-5-10-8/h2,4-5H,3,6H2,1H3,(H,9,10,11). The fourth-order valence-electron chi connectivity index (χ4n) is 0.769. The van der Waals surface area contributed by atoms with E-state index in [9.17, 15) is 4.79 Å². The Morgan fingerprint density at radius 2 is 2.23 bits per heavy atom. The molecule has 1 heterocycles. The zero-order valence-electron chi connectivity index (χ0n) is 7.36. The average molecular weight is 181 g/mol. The highest BCUT2D eigenvalue weighted by Gasteiger charge is 1.99. The Morgan fingerprint density at radius 1 is 1.54 bits per heavy atom. The number of nitrogens with one attached hydrogen (secondary N) is 1. The fourth-order valence-corrected chi connectivity index (χ4v) is 0.769. The lowest BCUT2D eigenvalue weighted by Crippen LogP contribution is -2.11. The number of hydrogen-bond donors (Lipinski definition) is 1. The van der Waals surface area contributed by atoms with Gasteiger partial charge in [-0.3, -0.25) is 4.79 Å². The molecule has 1 aromatic rings. The Morgan fingerprint density at radius 3 is 2.85 bits per heavy atom. The highest BCUT2D eigenvalue weighted by Crippen LogP contribution is 1.94. The summed E-state index contributed by atoms with van der Waals surface area (Å²) in [5.41, 5.74) is 0. The first-order chi connectivity index (χ1) is 6.33. The van der Waals surface area contributed by atoms with Crippen LogP contribution in [0, 0.1) is 0 Å². The first-order valence-electron chi connectivity index (χ1n) is 3.90. The van der Waals surface area contributed by atoms with Gasteiger partial charge in [0.2, 0.25) is 5.95 Å². The van der Waals surface area contributed by atoms with Gasteiger partial charge in [-0.15, -0.1) is 0 Å². The third-order valence-electron chi connectivity index (χ3n) is 1.41. The Labute approximate surface area is 76.2 Å². The summed E-state index contributed by atoms with van der Waals surface area (Å²) in [5, 5.41) is 2.89. The molecule has 0 saturated carbocycles. The zero-order chi connectivity index (χ0) is 9.52. The molecule has 0 aliphatic heterocycles. The van der Waals surface area contributed by atoms with Crippen LogP contribution in [0.25, 0.3) is 0 Å². The third kappa shape index (κ3) is 3.50. The minimum Gasteiger partial charge on any atom is -0.469 e. The molecule has 0 bridgehead atoms. The SMILES string of the molecule is COC(=O)CCNc1ncccn1. The molecule has 0 fully saturated rings. The predicted molar refractivity (Wildman–Crippen MR) is 47.2 cm³/mol. The van der Waals surface area contributed by atoms with Crippen LogP contribution in [0.15, 0.2) is 18.5 Å². The quantitative estimate of drug-likeness (QED) is 0.683. The maximum absolute atomic E-state index is 10.7. The zero-order valence-corrected chi connectivity index (χ0v) is 7.36. The van der Waals surface area contributed by atoms with Crippen molar-refractivity contribution in [3.63, 3.8) is 0 Å². The van der Waals surface area contributed by atoms with E-state index in [2.05, 4.69) is 20.0 Å². The van der Waals surface area contributed by atoms with Gasteiger partial charge >= 0.3 is 5.97 Å². The first kappa shape index (κ1) is 9.44. The van der Waals surface area contributed by atoms with E-state index in [1.54, 1.807) is 18.5 Å². The maximum Gasteiger partial charge on any atom is 0.307 e. The number of anilines is 1. The number of carbonyl (C=O) groups excluding carboxylic acids is 1. The van der Waals surface area contributed by atoms with Crippen LogP contribution in [0.5, 0.6) is 0 Å². The molecule has 0 saturated heterocycles. The number of ether oxygens (including phenoxy) is 1. The van der Waals surface area contributed by atoms with Gasteiger partial charge in [-0.2, -0.15) is 0 Å². The topological polar surface area (TPSA) is 64.1 Å². The van der Waals surface area contributed by atoms with Crippen molar-refractivity contribution in [2.75, 3.05) is 19.0 Å². The summed E-state index contributed by atoms with van der Waals surface area (Å²) >= 11 is 0. The molecule has 0 aliphatic rings. The number of hydrogen-bond acceptors (Lipinski definition) is 5. The molecule has 0 unspecified atom stereocenters. The lowest BCUT2D eigenvalue weighted by molar-refractivity contribution is -0.140. The van der Waals surface area contributed by atoms with Gasteiger partial charge in [0.25, 0.3) is 0 Å². The molecule has 0 amide bonds. The molecule has 0 spiro atoms. The van der Waals surface area contributed by atoms with Crippen LogP contribution in [-0.2, 0) is 9.53 Å². The third-order valence-corrected chi connectivity index (χ3v) is 1.41. The molecule has 5 heteroatoms. The van der Waals surface area contributed by atoms with Gasteiger partial charge in [-0.05, 0) is 6.07 Å². The van der Waals surface area contributed by atoms with E-state index >= 15 is 0 Å². The van der Waals surface area contributed by atoms with Crippen LogP contribution in [0.4, 0.5) is 5.95 Å². The first-order valence-corrected chi connectivity index (χ1v) is 3.90. The molecule has 0 aliphatic carbocycles. The summed E-state index contributed by atoms with van der Waals surface area (Å²) in [6, 6.07) is 1.73. The van der Waals surface area contributed by atoms with E-state index in [4.69, 9.17) is 0 Å². The van der Waals surface area contributed by atoms with Crippen molar-refractivity contribution in [1.82, 2.24) is 9.97 Å². The van der Waals surface area contributed by atoms with E-state index < -0.39 is 0 Å². The van der Waals surface area contributed by atoms with Crippen LogP contribution >= 0.6 is 0 Å². The van der Waals surface area contributed by atoms with E-state index in [1.165, 1.54) is 7.11 Å². The molecule has 70 valence electrons. The van der Waals surface area contributed by atoms with Gasteiger partial charge in [0.05, 0.1) is 13.5 Å². The van der Waals surface area contributed by atoms with Crippen LogP contribution in [0.1, 0.15) is 6.42 Å². The maximum atomic E-state index is 10.7. The summed E-state index contributed by atoms with van der Waals surface area (Å²) < 4.78 is 4.47. The lowest BCUT2D eigenvalue weighted by Gasteiger charge is -2.01. The van der Waals surface area contributed by atoms with E-state index in [0.717, 1.165) is 0 Å². The van der Waals surface area contributed by atoms with E-state index in [0.29, 0.717) is 18.9 Å². The predicted octanol–water partition coefficient (Wildman–Crippen LogP) is 0.452. The Hall–Kier alpha value is -1.65. The van der Waals surface area contributed by atoms with Gasteiger partial charge < -0.3 is 10.1 Å². The number of carbonyl (C=O) groups is 1. The second-order valence-electron chi connectivity index (χ2n) is 2.33. The van der Waals surface area contributed by atoms with Gasteiger partial charge in [0.1, 0.15) is 0 Å². The number of esters is 1. The molecule has 0 atom stereocenters. The normalized spacial score (nSPS) is 9.31. The van der Waals surface area contributed by atoms with Crippen molar-refractivity contribution in [2.45, 2.75) is 6.42 Å². The van der Waals surface area contributed by atoms with E-state index in [1.807, 2.05) is 0 Å². The number of methoxy groups -OCH3 is 1. The molecule has 13 heavy (non-hydrogen) atoms. The molecule has 1 N–H and O–H groups in total. The molecule has 0 aromatic carbocycles. The molecule has 1 aromatic heterocycles. The minimum atomic E-state index is -0.247. The van der Waals surface area contributed by atoms with Crippen molar-refractivity contribution in [2.24, 2.45) is 0 Å². The summed E-state index contributed by atoms with van der Waals surface area (Å²) in [5.74, 6) is 0.273. The molecular formula is C8H11N3O2. The lowest BCUT2D eigenvalue weighted by atomic mass is 10.4. The van der Waals surface area contributed by atoms with Crippen LogP contribution in [-0.4, -0.2) is 29.6 Å². The van der Waals surface area contributed by atoms with Crippen molar-refractivity contribution in [3.05, 3.63) is 18.5 Å². The van der Waals surface area contributed by atoms with Crippen molar-refractivity contribution >= 4 is 11.9 Å². The van der Waals surface area contributed by atoms with Crippen LogP contribution in [0.3, 0.4) is 0 Å². The Balaban J connectivity index is 2.24. The smallest absolute Gasteiger partial charge is 0.307 e. The molecule has 5 nitrogen and oxygen atoms in total. The Bertz CT molecular complexity index is 263. The van der Waals surface area contributed by atoms with Gasteiger partial charge in [-0.25, -0.2) is 9.97 Å². The summed E-state index contributed by atoms with van der Waals surface area (Å²) in [6.07, 6.45) is 3.58. The van der Waals surface area contributed by atoms with Crippen molar-refractivity contribution in [1.29, 1.82) is 0 Å². The summed E-state index contributed by atoms with van der Waals surface area (Å²) in [7, 11) is 1.36. The van der Waals surface area contributed by atoms with Crippen molar-refractivity contribution < 1.29 is 9.53 Å². The minimum absolute atomic E-state index is 0.247. The molecule has 1 rings (SSSR count). The van der Waals surface area contributed by atoms with Gasteiger partial charge in [0.15, 0.2) is 0 Å². The summed E-state index contributed by atoms with van der Waals surface area (Å²) in [6.45, 7) is 0.483. The monoisotopic (exact) mass is 181 g/mol. The van der Waals surface area contributed by atoms with E-state index in [-0.39, 0.29) is 5.97 Å². The molecular weight excluding hydrogens is 170 g/mol. The fraction of sp³-hybridized carbons (Fsp3) is 0.375. The highest BCUT2D eigenvalue weighted by atomic mass is 16.5. The van der Waals surface area contributed by atoms with Gasteiger partial charge in [-0.1, -0.05) is 0 Å². The Kier molecular flexibility index (Phi) is 3.69. The second kappa shape index (κ2) is 5.08. The van der Waals surface area contributed by atoms with Crippen LogP contribution < -0.4 is 5.32 Å². The van der Waals surface area contributed by atoms with Crippen molar-refractivity contribution in [3.8, 4) is 0 Å². The summed E-state index contributed by atoms with van der Waals surface area (Å²) in [4.78, 5) is 18.6. The van der Waals surface area contributed by atoms with Gasteiger partial charge in [0, 0.05) is 18.9 Å². The second-order valence-corrected chi connectivity index (χ2v) is 2.33. The average Bonchev–Trinajstić information content (AvgIpc) is 2.19. The largest absolute Gasteiger partial charge is 0.469 e. The number of nitrogens with zero attached hydrogens (tertiary/aromatic N) is 2. The molecule has 0 radical (unpaired) electrons. The van der Waals surface area contributed by atoms with Crippen LogP contribution in [0.2, 0.25) is 0 Å². The number of rotatable bonds is 4. The highest BCUT2D eigenvalue weighted by molar-refractivity contribution is 5.69. The number of aromatic nitrogens is 2.